The zero-order chi connectivity index (χ0) is 33.1. The molecule has 1 N–H and O–H groups in total. The minimum Gasteiger partial charge on any atom is -0.444 e. The molecule has 0 saturated carbocycles. The second kappa shape index (κ2) is 14.5. The number of imide groups is 1. The number of benzene rings is 1. The van der Waals surface area contributed by atoms with Crippen LogP contribution in [0.2, 0.25) is 0 Å². The zero-order valence-electron chi connectivity index (χ0n) is 28.4. The van der Waals surface area contributed by atoms with E-state index in [1.807, 2.05) is 32.9 Å². The maximum atomic E-state index is 13.1. The molecule has 1 unspecified atom stereocenters. The van der Waals surface area contributed by atoms with Gasteiger partial charge in [0, 0.05) is 76.6 Å². The van der Waals surface area contributed by atoms with Crippen molar-refractivity contribution in [2.75, 3.05) is 77.0 Å². The molecule has 1 atom stereocenters. The molecule has 5 aliphatic rings. The summed E-state index contributed by atoms with van der Waals surface area (Å²) in [6.45, 7) is 16.6. The van der Waals surface area contributed by atoms with Crippen LogP contribution in [0, 0.1) is 5.92 Å². The molecule has 0 bridgehead atoms. The summed E-state index contributed by atoms with van der Waals surface area (Å²) in [5.41, 5.74) is 2.29. The van der Waals surface area contributed by atoms with Crippen LogP contribution < -0.4 is 10.2 Å². The van der Waals surface area contributed by atoms with Crippen LogP contribution in [0.4, 0.5) is 10.5 Å². The van der Waals surface area contributed by atoms with Gasteiger partial charge in [0.15, 0.2) is 0 Å². The Hall–Kier alpha value is -3.22. The average molecular weight is 653 g/mol. The number of rotatable bonds is 8. The summed E-state index contributed by atoms with van der Waals surface area (Å²) >= 11 is 0. The van der Waals surface area contributed by atoms with E-state index in [-0.39, 0.29) is 36.3 Å². The number of ether oxygens (including phenoxy) is 2. The molecule has 0 aliphatic carbocycles. The molecule has 0 radical (unpaired) electrons. The summed E-state index contributed by atoms with van der Waals surface area (Å²) in [4.78, 5) is 60.3. The topological polar surface area (TPSA) is 115 Å². The Labute approximate surface area is 278 Å². The summed E-state index contributed by atoms with van der Waals surface area (Å²) in [5.74, 6) is -0.0406. The van der Waals surface area contributed by atoms with Crippen LogP contribution in [0.3, 0.4) is 0 Å². The van der Waals surface area contributed by atoms with Crippen molar-refractivity contribution >= 4 is 29.5 Å². The zero-order valence-corrected chi connectivity index (χ0v) is 28.4. The lowest BCUT2D eigenvalue weighted by Gasteiger charge is -2.39. The first-order chi connectivity index (χ1) is 22.5. The minimum atomic E-state index is -0.582. The molecular weight excluding hydrogens is 600 g/mol. The highest BCUT2D eigenvalue weighted by Gasteiger charge is 2.39. The highest BCUT2D eigenvalue weighted by atomic mass is 16.6. The first-order valence-electron chi connectivity index (χ1n) is 17.6. The molecule has 47 heavy (non-hydrogen) atoms. The Bertz CT molecular complexity index is 1310. The fourth-order valence-corrected chi connectivity index (χ4v) is 7.58. The van der Waals surface area contributed by atoms with E-state index in [2.05, 4.69) is 26.1 Å². The number of likely N-dealkylation sites (tertiary alicyclic amines) is 2. The summed E-state index contributed by atoms with van der Waals surface area (Å²) in [6.07, 6.45) is 4.81. The predicted molar refractivity (Wildman–Crippen MR) is 177 cm³/mol. The van der Waals surface area contributed by atoms with Gasteiger partial charge in [0.05, 0.1) is 12.7 Å². The minimum absolute atomic E-state index is 0.123. The lowest BCUT2D eigenvalue weighted by molar-refractivity contribution is -0.136. The number of amides is 4. The molecule has 4 saturated heterocycles. The molecule has 258 valence electrons. The van der Waals surface area contributed by atoms with Crippen LogP contribution in [0.25, 0.3) is 0 Å². The van der Waals surface area contributed by atoms with E-state index >= 15 is 0 Å². The highest BCUT2D eigenvalue weighted by Crippen LogP contribution is 2.31. The van der Waals surface area contributed by atoms with E-state index in [0.29, 0.717) is 31.6 Å². The van der Waals surface area contributed by atoms with Crippen LogP contribution in [0.15, 0.2) is 18.2 Å². The summed E-state index contributed by atoms with van der Waals surface area (Å²) in [5, 5.41) is 2.38. The largest absolute Gasteiger partial charge is 0.444 e. The number of anilines is 1. The van der Waals surface area contributed by atoms with Crippen molar-refractivity contribution in [3.8, 4) is 0 Å². The van der Waals surface area contributed by atoms with E-state index in [4.69, 9.17) is 9.47 Å². The Morgan fingerprint density at radius 2 is 1.62 bits per heavy atom. The van der Waals surface area contributed by atoms with Crippen molar-refractivity contribution in [2.24, 2.45) is 5.92 Å². The van der Waals surface area contributed by atoms with Gasteiger partial charge in [-0.1, -0.05) is 0 Å². The van der Waals surface area contributed by atoms with Gasteiger partial charge in [-0.15, -0.1) is 0 Å². The van der Waals surface area contributed by atoms with Crippen LogP contribution in [-0.4, -0.2) is 133 Å². The molecule has 1 aromatic carbocycles. The smallest absolute Gasteiger partial charge is 0.410 e. The van der Waals surface area contributed by atoms with Crippen molar-refractivity contribution < 1.29 is 28.7 Å². The van der Waals surface area contributed by atoms with Crippen molar-refractivity contribution in [2.45, 2.75) is 83.6 Å². The van der Waals surface area contributed by atoms with Gasteiger partial charge in [0.25, 0.3) is 5.91 Å². The van der Waals surface area contributed by atoms with E-state index < -0.39 is 11.6 Å². The maximum absolute atomic E-state index is 13.1. The second-order valence-corrected chi connectivity index (χ2v) is 14.9. The van der Waals surface area contributed by atoms with Gasteiger partial charge in [-0.25, -0.2) is 4.79 Å². The van der Waals surface area contributed by atoms with Gasteiger partial charge < -0.3 is 29.1 Å². The molecule has 4 fully saturated rings. The summed E-state index contributed by atoms with van der Waals surface area (Å²) < 4.78 is 11.7. The number of hydrogen-bond acceptors (Lipinski definition) is 9. The predicted octanol–water partition coefficient (Wildman–Crippen LogP) is 2.70. The number of fused-ring (bicyclic) bond motifs is 1. The van der Waals surface area contributed by atoms with E-state index in [1.54, 1.807) is 9.80 Å². The monoisotopic (exact) mass is 652 g/mol. The molecular formula is C35H52N6O6. The molecule has 4 amide bonds. The Balaban J connectivity index is 0.864. The van der Waals surface area contributed by atoms with E-state index in [9.17, 15) is 19.2 Å². The van der Waals surface area contributed by atoms with Gasteiger partial charge in [-0.2, -0.15) is 0 Å². The van der Waals surface area contributed by atoms with Gasteiger partial charge in [-0.3, -0.25) is 24.6 Å². The standard InChI is InChI=1S/C35H52N6O6/c1-35(2,3)47-34(45)40-14-10-28(11-15-40)46-21-20-37-12-8-25(9-13-37)23-38-16-18-39(19-17-38)27-4-5-29-26(22-27)24-41(33(29)44)30-6-7-31(42)36-32(30)43/h4-5,22,25,28,30H,6-21,23-24H2,1-3H3,(H,36,42,43). The molecule has 0 aromatic heterocycles. The Morgan fingerprint density at radius 1 is 0.894 bits per heavy atom. The molecule has 1 aromatic rings. The SMILES string of the molecule is CC(C)(C)OC(=O)N1CCC(OCCN2CCC(CN3CCN(c4ccc5c(c4)CN(C4CCC(=O)NC4=O)C5=O)CC3)CC2)CC1. The molecule has 5 aliphatic heterocycles. The third-order valence-electron chi connectivity index (χ3n) is 10.3. The van der Waals surface area contributed by atoms with Crippen LogP contribution >= 0.6 is 0 Å². The third-order valence-corrected chi connectivity index (χ3v) is 10.3. The number of carbonyl (C=O) groups excluding carboxylic acids is 4. The van der Waals surface area contributed by atoms with Gasteiger partial charge in [0.2, 0.25) is 11.8 Å². The normalized spacial score (nSPS) is 24.1. The second-order valence-electron chi connectivity index (χ2n) is 14.9. The van der Waals surface area contributed by atoms with Crippen LogP contribution in [0.1, 0.15) is 75.2 Å². The summed E-state index contributed by atoms with van der Waals surface area (Å²) in [7, 11) is 0. The van der Waals surface area contributed by atoms with Gasteiger partial charge >= 0.3 is 6.09 Å². The Morgan fingerprint density at radius 3 is 2.30 bits per heavy atom. The summed E-state index contributed by atoms with van der Waals surface area (Å²) in [6, 6.07) is 5.47. The maximum Gasteiger partial charge on any atom is 0.410 e. The number of hydrogen-bond donors (Lipinski definition) is 1. The third kappa shape index (κ3) is 8.45. The fraction of sp³-hybridized carbons (Fsp3) is 0.714. The molecule has 0 spiro atoms. The van der Waals surface area contributed by atoms with Gasteiger partial charge in [0.1, 0.15) is 11.6 Å². The van der Waals surface area contributed by atoms with Crippen molar-refractivity contribution in [3.63, 3.8) is 0 Å². The molecule has 6 rings (SSSR count). The molecule has 5 heterocycles. The fourth-order valence-electron chi connectivity index (χ4n) is 7.58. The first kappa shape index (κ1) is 33.7. The molecule has 12 heteroatoms. The van der Waals surface area contributed by atoms with Crippen molar-refractivity contribution in [1.29, 1.82) is 0 Å². The van der Waals surface area contributed by atoms with E-state index in [0.717, 1.165) is 89.0 Å². The lowest BCUT2D eigenvalue weighted by Crippen LogP contribution is -2.52. The number of piperidine rings is 3. The van der Waals surface area contributed by atoms with Crippen molar-refractivity contribution in [3.05, 3.63) is 29.3 Å². The van der Waals surface area contributed by atoms with Crippen molar-refractivity contribution in [1.82, 2.24) is 24.9 Å². The first-order valence-corrected chi connectivity index (χ1v) is 17.6. The Kier molecular flexibility index (Phi) is 10.4. The number of piperazine rings is 1. The number of nitrogens with one attached hydrogen (secondary N) is 1. The average Bonchev–Trinajstić information content (AvgIpc) is 3.37. The van der Waals surface area contributed by atoms with Crippen LogP contribution in [0.5, 0.6) is 0 Å². The number of nitrogens with zero attached hydrogens (tertiary/aromatic N) is 5. The molecule has 12 nitrogen and oxygen atoms in total. The van der Waals surface area contributed by atoms with E-state index in [1.165, 1.54) is 12.8 Å². The highest BCUT2D eigenvalue weighted by molar-refractivity contribution is 6.05. The van der Waals surface area contributed by atoms with Gasteiger partial charge in [-0.05, 0) is 95.6 Å². The lowest BCUT2D eigenvalue weighted by atomic mass is 9.96. The number of carbonyl (C=O) groups is 4. The quantitative estimate of drug-likeness (QED) is 0.424. The van der Waals surface area contributed by atoms with Crippen LogP contribution in [-0.2, 0) is 25.6 Å².